The first-order valence-electron chi connectivity index (χ1n) is 3.09. The lowest BCUT2D eigenvalue weighted by atomic mass is 10.0. The number of epoxide rings is 1. The molecule has 0 spiro atoms. The summed E-state index contributed by atoms with van der Waals surface area (Å²) in [5.74, 6) is 0. The molecule has 0 aromatic rings. The van der Waals surface area contributed by atoms with Gasteiger partial charge in [0.05, 0.1) is 12.7 Å². The van der Waals surface area contributed by atoms with E-state index in [-0.39, 0.29) is 6.10 Å². The lowest BCUT2D eigenvalue weighted by Crippen LogP contribution is -2.29. The van der Waals surface area contributed by atoms with Crippen LogP contribution in [-0.2, 0) is 14.3 Å². The molecular weight excluding hydrogens is 120 g/mol. The Hall–Kier alpha value is -0.410. The van der Waals surface area contributed by atoms with E-state index in [4.69, 9.17) is 9.47 Å². The van der Waals surface area contributed by atoms with Crippen LogP contribution in [0.1, 0.15) is 6.42 Å². The average molecular weight is 128 g/mol. The van der Waals surface area contributed by atoms with Crippen molar-refractivity contribution < 1.29 is 14.3 Å². The van der Waals surface area contributed by atoms with Crippen molar-refractivity contribution in [2.24, 2.45) is 0 Å². The van der Waals surface area contributed by atoms with E-state index >= 15 is 0 Å². The number of carbonyl (C=O) groups excluding carboxylic acids is 1. The van der Waals surface area contributed by atoms with Gasteiger partial charge in [-0.3, -0.25) is 4.79 Å². The number of hydrogen-bond donors (Lipinski definition) is 0. The fourth-order valence-corrected chi connectivity index (χ4v) is 1.22. The third-order valence-electron chi connectivity index (χ3n) is 1.90. The zero-order chi connectivity index (χ0) is 6.32. The molecule has 0 aliphatic carbocycles. The van der Waals surface area contributed by atoms with Crippen molar-refractivity contribution in [3.63, 3.8) is 0 Å². The molecule has 2 heterocycles. The molecule has 0 aromatic carbocycles. The van der Waals surface area contributed by atoms with Crippen LogP contribution in [0.25, 0.3) is 0 Å². The van der Waals surface area contributed by atoms with Crippen LogP contribution in [0.2, 0.25) is 0 Å². The molecule has 0 aromatic heterocycles. The molecule has 0 unspecified atom stereocenters. The highest BCUT2D eigenvalue weighted by molar-refractivity contribution is 5.68. The number of carbonyl (C=O) groups is 1. The van der Waals surface area contributed by atoms with Crippen molar-refractivity contribution >= 4 is 6.29 Å². The molecule has 2 saturated heterocycles. The first kappa shape index (κ1) is 5.38. The molecule has 3 nitrogen and oxygen atoms in total. The van der Waals surface area contributed by atoms with Gasteiger partial charge in [0.15, 0.2) is 11.9 Å². The standard InChI is InChI=1S/C6H8O3/c7-3-6-4-8-2-1-5(6)9-6/h3,5H,1-2,4H2/t5-,6+/m0/s1. The Morgan fingerprint density at radius 2 is 2.56 bits per heavy atom. The van der Waals surface area contributed by atoms with E-state index in [2.05, 4.69) is 0 Å². The average Bonchev–Trinajstić information content (AvgIpc) is 2.62. The van der Waals surface area contributed by atoms with E-state index in [0.717, 1.165) is 19.3 Å². The SMILES string of the molecule is O=C[C@@]12COCC[C@@H]1O2. The molecule has 2 atom stereocenters. The topological polar surface area (TPSA) is 38.8 Å². The second-order valence-corrected chi connectivity index (χ2v) is 2.52. The van der Waals surface area contributed by atoms with E-state index in [1.54, 1.807) is 0 Å². The third kappa shape index (κ3) is 0.618. The lowest BCUT2D eigenvalue weighted by molar-refractivity contribution is -0.114. The van der Waals surface area contributed by atoms with Gasteiger partial charge in [-0.1, -0.05) is 0 Å². The van der Waals surface area contributed by atoms with Crippen LogP contribution in [-0.4, -0.2) is 31.2 Å². The predicted molar refractivity (Wildman–Crippen MR) is 29.1 cm³/mol. The van der Waals surface area contributed by atoms with Gasteiger partial charge in [0.25, 0.3) is 0 Å². The Morgan fingerprint density at radius 1 is 1.67 bits per heavy atom. The molecule has 0 N–H and O–H groups in total. The Kier molecular flexibility index (Phi) is 0.926. The zero-order valence-electron chi connectivity index (χ0n) is 5.00. The largest absolute Gasteiger partial charge is 0.378 e. The molecule has 2 aliphatic heterocycles. The summed E-state index contributed by atoms with van der Waals surface area (Å²) in [7, 11) is 0. The maximum Gasteiger partial charge on any atom is 0.173 e. The summed E-state index contributed by atoms with van der Waals surface area (Å²) >= 11 is 0. The Labute approximate surface area is 52.9 Å². The molecule has 2 fully saturated rings. The van der Waals surface area contributed by atoms with Crippen LogP contribution in [0, 0.1) is 0 Å². The summed E-state index contributed by atoms with van der Waals surface area (Å²) in [6, 6.07) is 0. The van der Waals surface area contributed by atoms with Crippen LogP contribution >= 0.6 is 0 Å². The van der Waals surface area contributed by atoms with Crippen molar-refractivity contribution in [2.75, 3.05) is 13.2 Å². The second-order valence-electron chi connectivity index (χ2n) is 2.52. The summed E-state index contributed by atoms with van der Waals surface area (Å²) in [6.07, 6.45) is 1.90. The van der Waals surface area contributed by atoms with Gasteiger partial charge in [-0.15, -0.1) is 0 Å². The van der Waals surface area contributed by atoms with E-state index in [0.29, 0.717) is 6.61 Å². The maximum atomic E-state index is 10.3. The summed E-state index contributed by atoms with van der Waals surface area (Å²) in [5.41, 5.74) is -0.516. The minimum atomic E-state index is -0.516. The van der Waals surface area contributed by atoms with Crippen LogP contribution in [0.5, 0.6) is 0 Å². The van der Waals surface area contributed by atoms with Crippen molar-refractivity contribution in [3.8, 4) is 0 Å². The molecule has 0 radical (unpaired) electrons. The van der Waals surface area contributed by atoms with E-state index in [1.807, 2.05) is 0 Å². The van der Waals surface area contributed by atoms with Gasteiger partial charge in [0.2, 0.25) is 0 Å². The van der Waals surface area contributed by atoms with Crippen molar-refractivity contribution in [3.05, 3.63) is 0 Å². The van der Waals surface area contributed by atoms with Gasteiger partial charge in [0, 0.05) is 13.0 Å². The van der Waals surface area contributed by atoms with Crippen molar-refractivity contribution in [1.29, 1.82) is 0 Å². The fraction of sp³-hybridized carbons (Fsp3) is 0.833. The van der Waals surface area contributed by atoms with Crippen molar-refractivity contribution in [2.45, 2.75) is 18.1 Å². The maximum absolute atomic E-state index is 10.3. The number of ether oxygens (including phenoxy) is 2. The molecule has 2 aliphatic rings. The number of hydrogen-bond acceptors (Lipinski definition) is 3. The quantitative estimate of drug-likeness (QED) is 0.361. The van der Waals surface area contributed by atoms with Gasteiger partial charge in [-0.05, 0) is 0 Å². The molecule has 0 saturated carbocycles. The number of fused-ring (bicyclic) bond motifs is 1. The van der Waals surface area contributed by atoms with E-state index < -0.39 is 5.60 Å². The summed E-state index contributed by atoms with van der Waals surface area (Å²) in [6.45, 7) is 1.20. The molecule has 0 bridgehead atoms. The minimum Gasteiger partial charge on any atom is -0.378 e. The second kappa shape index (κ2) is 1.55. The Balaban J connectivity index is 2.09. The smallest absolute Gasteiger partial charge is 0.173 e. The molecule has 2 rings (SSSR count). The molecule has 0 amide bonds. The highest BCUT2D eigenvalue weighted by atomic mass is 16.6. The fourth-order valence-electron chi connectivity index (χ4n) is 1.22. The summed E-state index contributed by atoms with van der Waals surface area (Å²) in [4.78, 5) is 10.3. The van der Waals surface area contributed by atoms with Crippen LogP contribution < -0.4 is 0 Å². The molecular formula is C6H8O3. The highest BCUT2D eigenvalue weighted by Crippen LogP contribution is 2.39. The number of rotatable bonds is 1. The predicted octanol–water partition coefficient (Wildman–Crippen LogP) is -0.257. The van der Waals surface area contributed by atoms with Crippen LogP contribution in [0.15, 0.2) is 0 Å². The van der Waals surface area contributed by atoms with Crippen LogP contribution in [0.3, 0.4) is 0 Å². The zero-order valence-corrected chi connectivity index (χ0v) is 5.00. The first-order chi connectivity index (χ1) is 4.37. The first-order valence-corrected chi connectivity index (χ1v) is 3.09. The number of aldehydes is 1. The van der Waals surface area contributed by atoms with E-state index in [9.17, 15) is 4.79 Å². The highest BCUT2D eigenvalue weighted by Gasteiger charge is 2.58. The van der Waals surface area contributed by atoms with Gasteiger partial charge < -0.3 is 9.47 Å². The Morgan fingerprint density at radius 3 is 3.11 bits per heavy atom. The third-order valence-corrected chi connectivity index (χ3v) is 1.90. The molecule has 50 valence electrons. The normalized spacial score (nSPS) is 47.8. The summed E-state index contributed by atoms with van der Waals surface area (Å²) in [5, 5.41) is 0. The van der Waals surface area contributed by atoms with Gasteiger partial charge in [-0.25, -0.2) is 0 Å². The van der Waals surface area contributed by atoms with Crippen molar-refractivity contribution in [1.82, 2.24) is 0 Å². The monoisotopic (exact) mass is 128 g/mol. The van der Waals surface area contributed by atoms with Gasteiger partial charge >= 0.3 is 0 Å². The lowest BCUT2D eigenvalue weighted by Gasteiger charge is -2.10. The van der Waals surface area contributed by atoms with Gasteiger partial charge in [0.1, 0.15) is 0 Å². The molecule has 3 heteroatoms. The minimum absolute atomic E-state index is 0.170. The molecule has 9 heavy (non-hydrogen) atoms. The summed E-state index contributed by atoms with van der Waals surface area (Å²) < 4.78 is 10.2. The Bertz CT molecular complexity index is 145. The van der Waals surface area contributed by atoms with Crippen LogP contribution in [0.4, 0.5) is 0 Å². The van der Waals surface area contributed by atoms with E-state index in [1.165, 1.54) is 0 Å². The van der Waals surface area contributed by atoms with Gasteiger partial charge in [-0.2, -0.15) is 0 Å².